The molecular weight excluding hydrogens is 239 g/mol. The minimum absolute atomic E-state index is 0.0111. The molecule has 0 heterocycles. The fourth-order valence-corrected chi connectivity index (χ4v) is 2.52. The number of nitrogens with two attached hydrogens (primary N) is 1. The first-order valence-corrected chi connectivity index (χ1v) is 6.38. The summed E-state index contributed by atoms with van der Waals surface area (Å²) in [5.41, 5.74) is 7.36. The lowest BCUT2D eigenvalue weighted by atomic mass is 9.92. The second kappa shape index (κ2) is 5.95. The van der Waals surface area contributed by atoms with E-state index in [0.717, 1.165) is 5.56 Å². The Labute approximate surface area is 113 Å². The van der Waals surface area contributed by atoms with E-state index in [9.17, 15) is 4.39 Å². The standard InChI is InChI=1S/C16H19FN2/c1-11-5-3-6-12(2)16(11)15(19-18)10-13-7-4-8-14(17)9-13/h3-9,15,19H,10,18H2,1-2H3. The first-order valence-electron chi connectivity index (χ1n) is 6.38. The van der Waals surface area contributed by atoms with E-state index in [-0.39, 0.29) is 11.9 Å². The molecule has 2 aromatic carbocycles. The summed E-state index contributed by atoms with van der Waals surface area (Å²) >= 11 is 0. The van der Waals surface area contributed by atoms with Crippen molar-refractivity contribution in [1.29, 1.82) is 0 Å². The van der Waals surface area contributed by atoms with Crippen molar-refractivity contribution in [3.8, 4) is 0 Å². The number of halogens is 1. The van der Waals surface area contributed by atoms with Gasteiger partial charge in [-0.1, -0.05) is 30.3 Å². The van der Waals surface area contributed by atoms with Crippen molar-refractivity contribution in [1.82, 2.24) is 5.43 Å². The lowest BCUT2D eigenvalue weighted by Crippen LogP contribution is -2.30. The minimum Gasteiger partial charge on any atom is -0.271 e. The zero-order chi connectivity index (χ0) is 13.8. The van der Waals surface area contributed by atoms with Crippen LogP contribution in [0.2, 0.25) is 0 Å². The molecule has 0 aliphatic rings. The first kappa shape index (κ1) is 13.7. The van der Waals surface area contributed by atoms with Crippen molar-refractivity contribution < 1.29 is 4.39 Å². The lowest BCUT2D eigenvalue weighted by molar-refractivity contribution is 0.543. The number of nitrogens with one attached hydrogen (secondary N) is 1. The van der Waals surface area contributed by atoms with Gasteiger partial charge in [-0.25, -0.2) is 4.39 Å². The molecule has 19 heavy (non-hydrogen) atoms. The van der Waals surface area contributed by atoms with Crippen LogP contribution < -0.4 is 11.3 Å². The van der Waals surface area contributed by atoms with E-state index in [1.165, 1.54) is 22.8 Å². The molecule has 0 aliphatic carbocycles. The van der Waals surface area contributed by atoms with Crippen LogP contribution in [0.25, 0.3) is 0 Å². The van der Waals surface area contributed by atoms with E-state index < -0.39 is 0 Å². The zero-order valence-electron chi connectivity index (χ0n) is 11.3. The minimum atomic E-state index is -0.213. The third-order valence-corrected chi connectivity index (χ3v) is 3.42. The number of rotatable bonds is 4. The topological polar surface area (TPSA) is 38.0 Å². The Morgan fingerprint density at radius 3 is 2.32 bits per heavy atom. The van der Waals surface area contributed by atoms with Gasteiger partial charge in [-0.05, 0) is 54.7 Å². The quantitative estimate of drug-likeness (QED) is 0.653. The monoisotopic (exact) mass is 258 g/mol. The van der Waals surface area contributed by atoms with Gasteiger partial charge in [0.15, 0.2) is 0 Å². The average Bonchev–Trinajstić information content (AvgIpc) is 2.37. The maximum Gasteiger partial charge on any atom is 0.123 e. The molecule has 2 aromatic rings. The Morgan fingerprint density at radius 1 is 1.11 bits per heavy atom. The molecule has 0 aliphatic heterocycles. The van der Waals surface area contributed by atoms with Gasteiger partial charge in [0.05, 0.1) is 6.04 Å². The Kier molecular flexibility index (Phi) is 4.30. The molecule has 0 saturated heterocycles. The maximum absolute atomic E-state index is 13.2. The summed E-state index contributed by atoms with van der Waals surface area (Å²) in [6, 6.07) is 12.8. The van der Waals surface area contributed by atoms with Crippen LogP contribution in [0, 0.1) is 19.7 Å². The highest BCUT2D eigenvalue weighted by atomic mass is 19.1. The first-order chi connectivity index (χ1) is 9.11. The summed E-state index contributed by atoms with van der Waals surface area (Å²) in [4.78, 5) is 0. The van der Waals surface area contributed by atoms with Gasteiger partial charge in [0.25, 0.3) is 0 Å². The average molecular weight is 258 g/mol. The van der Waals surface area contributed by atoms with Crippen molar-refractivity contribution in [3.63, 3.8) is 0 Å². The van der Waals surface area contributed by atoms with Crippen molar-refractivity contribution in [3.05, 3.63) is 70.5 Å². The van der Waals surface area contributed by atoms with Crippen molar-refractivity contribution >= 4 is 0 Å². The van der Waals surface area contributed by atoms with Crippen LogP contribution in [0.3, 0.4) is 0 Å². The van der Waals surface area contributed by atoms with Crippen molar-refractivity contribution in [2.75, 3.05) is 0 Å². The zero-order valence-corrected chi connectivity index (χ0v) is 11.3. The predicted octanol–water partition coefficient (Wildman–Crippen LogP) is 3.19. The van der Waals surface area contributed by atoms with E-state index >= 15 is 0 Å². The van der Waals surface area contributed by atoms with Crippen LogP contribution in [0.5, 0.6) is 0 Å². The normalized spacial score (nSPS) is 12.4. The van der Waals surface area contributed by atoms with Crippen LogP contribution in [0.1, 0.15) is 28.3 Å². The molecule has 3 N–H and O–H groups in total. The molecule has 3 heteroatoms. The highest BCUT2D eigenvalue weighted by Gasteiger charge is 2.15. The fraction of sp³-hybridized carbons (Fsp3) is 0.250. The molecule has 1 unspecified atom stereocenters. The summed E-state index contributed by atoms with van der Waals surface area (Å²) in [6.45, 7) is 4.14. The third kappa shape index (κ3) is 3.19. The molecular formula is C16H19FN2. The van der Waals surface area contributed by atoms with E-state index in [1.807, 2.05) is 12.1 Å². The second-order valence-corrected chi connectivity index (χ2v) is 4.86. The summed E-state index contributed by atoms with van der Waals surface area (Å²) in [7, 11) is 0. The van der Waals surface area contributed by atoms with Gasteiger partial charge in [-0.2, -0.15) is 0 Å². The van der Waals surface area contributed by atoms with Crippen molar-refractivity contribution in [2.45, 2.75) is 26.3 Å². The molecule has 0 bridgehead atoms. The number of hydrazine groups is 1. The third-order valence-electron chi connectivity index (χ3n) is 3.42. The van der Waals surface area contributed by atoms with E-state index in [2.05, 4.69) is 31.4 Å². The van der Waals surface area contributed by atoms with Crippen molar-refractivity contribution in [2.24, 2.45) is 5.84 Å². The largest absolute Gasteiger partial charge is 0.271 e. The van der Waals surface area contributed by atoms with Crippen LogP contribution in [-0.4, -0.2) is 0 Å². The lowest BCUT2D eigenvalue weighted by Gasteiger charge is -2.21. The van der Waals surface area contributed by atoms with Gasteiger partial charge in [0.1, 0.15) is 5.82 Å². The Balaban J connectivity index is 2.30. The van der Waals surface area contributed by atoms with Crippen LogP contribution in [0.4, 0.5) is 4.39 Å². The second-order valence-electron chi connectivity index (χ2n) is 4.86. The molecule has 2 nitrogen and oxygen atoms in total. The number of hydrogen-bond donors (Lipinski definition) is 2. The summed E-state index contributed by atoms with van der Waals surface area (Å²) < 4.78 is 13.2. The number of aryl methyl sites for hydroxylation is 2. The SMILES string of the molecule is Cc1cccc(C)c1C(Cc1cccc(F)c1)NN. The summed E-state index contributed by atoms with van der Waals surface area (Å²) in [5.74, 6) is 5.47. The number of benzene rings is 2. The molecule has 0 radical (unpaired) electrons. The molecule has 2 rings (SSSR count). The number of hydrogen-bond acceptors (Lipinski definition) is 2. The molecule has 1 atom stereocenters. The van der Waals surface area contributed by atoms with Gasteiger partial charge < -0.3 is 0 Å². The molecule has 0 spiro atoms. The fourth-order valence-electron chi connectivity index (χ4n) is 2.52. The summed E-state index contributed by atoms with van der Waals surface area (Å²) in [6.07, 6.45) is 0.667. The van der Waals surface area contributed by atoms with Crippen LogP contribution in [-0.2, 0) is 6.42 Å². The van der Waals surface area contributed by atoms with Gasteiger partial charge >= 0.3 is 0 Å². The van der Waals surface area contributed by atoms with E-state index in [4.69, 9.17) is 5.84 Å². The Bertz CT molecular complexity index is 546. The van der Waals surface area contributed by atoms with E-state index in [0.29, 0.717) is 6.42 Å². The van der Waals surface area contributed by atoms with Gasteiger partial charge in [-0.15, -0.1) is 0 Å². The van der Waals surface area contributed by atoms with Crippen LogP contribution in [0.15, 0.2) is 42.5 Å². The van der Waals surface area contributed by atoms with Gasteiger partial charge in [-0.3, -0.25) is 11.3 Å². The molecule has 0 aromatic heterocycles. The molecule has 0 saturated carbocycles. The predicted molar refractivity (Wildman–Crippen MR) is 76.1 cm³/mol. The molecule has 0 amide bonds. The highest BCUT2D eigenvalue weighted by Crippen LogP contribution is 2.24. The Hall–Kier alpha value is -1.71. The van der Waals surface area contributed by atoms with Gasteiger partial charge in [0, 0.05) is 0 Å². The molecule has 100 valence electrons. The highest BCUT2D eigenvalue weighted by molar-refractivity contribution is 5.37. The maximum atomic E-state index is 13.2. The van der Waals surface area contributed by atoms with Crippen LogP contribution >= 0.6 is 0 Å². The van der Waals surface area contributed by atoms with E-state index in [1.54, 1.807) is 12.1 Å². The Morgan fingerprint density at radius 2 is 1.74 bits per heavy atom. The molecule has 0 fully saturated rings. The van der Waals surface area contributed by atoms with Gasteiger partial charge in [0.2, 0.25) is 0 Å². The smallest absolute Gasteiger partial charge is 0.123 e. The summed E-state index contributed by atoms with van der Waals surface area (Å²) in [5, 5.41) is 0.